The monoisotopic (exact) mass is 617 g/mol. The van der Waals surface area contributed by atoms with Gasteiger partial charge in [0.1, 0.15) is 17.2 Å². The molecule has 0 fully saturated rings. The number of aliphatic hydroxyl groups excluding tert-OH is 2. The van der Waals surface area contributed by atoms with Crippen LogP contribution in [-0.4, -0.2) is 35.7 Å². The number of nitrogens with zero attached hydrogens (tertiary/aromatic N) is 1. The van der Waals surface area contributed by atoms with Gasteiger partial charge in [-0.25, -0.2) is 0 Å². The van der Waals surface area contributed by atoms with E-state index in [4.69, 9.17) is 0 Å². The van der Waals surface area contributed by atoms with E-state index in [9.17, 15) is 35.7 Å². The predicted molar refractivity (Wildman–Crippen MR) is 186 cm³/mol. The zero-order valence-electron chi connectivity index (χ0n) is 25.0. The molecule has 0 unspecified atom stereocenters. The average molecular weight is 618 g/mol. The van der Waals surface area contributed by atoms with Crippen molar-refractivity contribution < 1.29 is 35.7 Å². The summed E-state index contributed by atoms with van der Waals surface area (Å²) in [4.78, 5) is 1.38. The highest BCUT2D eigenvalue weighted by Gasteiger charge is 2.29. The number of rotatable bonds is 13. The Morgan fingerprint density at radius 1 is 0.565 bits per heavy atom. The minimum Gasteiger partial charge on any atom is -0.507 e. The van der Waals surface area contributed by atoms with Crippen LogP contribution in [0.3, 0.4) is 0 Å². The molecule has 0 aromatic heterocycles. The zero-order chi connectivity index (χ0) is 33.8. The lowest BCUT2D eigenvalue weighted by Gasteiger charge is -2.27. The minimum absolute atomic E-state index is 0.00378. The molecule has 0 amide bonds. The summed E-state index contributed by atoms with van der Waals surface area (Å²) in [6.07, 6.45) is 19.2. The van der Waals surface area contributed by atoms with Gasteiger partial charge in [-0.3, -0.25) is 0 Å². The fourth-order valence-corrected chi connectivity index (χ4v) is 4.12. The van der Waals surface area contributed by atoms with Crippen molar-refractivity contribution in [2.24, 2.45) is 0 Å². The Morgan fingerprint density at radius 2 is 1.02 bits per heavy atom. The molecule has 0 aliphatic rings. The van der Waals surface area contributed by atoms with Gasteiger partial charge in [0.25, 0.3) is 0 Å². The van der Waals surface area contributed by atoms with Gasteiger partial charge in [-0.2, -0.15) is 0 Å². The molecule has 8 heteroatoms. The van der Waals surface area contributed by atoms with Crippen LogP contribution in [0.25, 0.3) is 12.2 Å². The summed E-state index contributed by atoms with van der Waals surface area (Å²) >= 11 is 0. The molecule has 234 valence electrons. The molecule has 3 aromatic rings. The Bertz CT molecular complexity index is 1770. The largest absolute Gasteiger partial charge is 0.507 e. The first-order chi connectivity index (χ1) is 22.0. The number of aromatic hydroxyl groups is 5. The third-order valence-electron chi connectivity index (χ3n) is 6.53. The molecule has 0 spiro atoms. The standard InChI is InChI=1S/C38H35NO7/c1-5-8-12-25(4)31(40)15-9-13-26-17-21-29(22-18-26)39(33-34(42)36(44)38(46)37(45)35(33)43)30-23-19-27(20-24-30)14-10-16-32(41)28(7-3)11-6-2/h5-24,40-46H,1-4H2/b12-8-,13-9+,14-10+,28-11+,31-15-,32-16-. The van der Waals surface area contributed by atoms with Gasteiger partial charge in [-0.05, 0) is 47.5 Å². The number of allylic oxidation sites excluding steroid dienone is 10. The maximum atomic E-state index is 10.8. The summed E-state index contributed by atoms with van der Waals surface area (Å²) in [5.74, 6) is -4.84. The summed E-state index contributed by atoms with van der Waals surface area (Å²) in [5, 5.41) is 72.5. The maximum Gasteiger partial charge on any atom is 0.208 e. The Kier molecular flexibility index (Phi) is 11.7. The Balaban J connectivity index is 2.02. The second-order valence-corrected chi connectivity index (χ2v) is 9.61. The van der Waals surface area contributed by atoms with Crippen LogP contribution in [0.1, 0.15) is 11.1 Å². The summed E-state index contributed by atoms with van der Waals surface area (Å²) in [7, 11) is 0. The van der Waals surface area contributed by atoms with Crippen LogP contribution in [0.15, 0.2) is 158 Å². The van der Waals surface area contributed by atoms with Gasteiger partial charge < -0.3 is 40.6 Å². The Hall–Kier alpha value is -6.54. The second-order valence-electron chi connectivity index (χ2n) is 9.61. The summed E-state index contributed by atoms with van der Waals surface area (Å²) in [6, 6.07) is 13.6. The highest BCUT2D eigenvalue weighted by molar-refractivity contribution is 5.89. The van der Waals surface area contributed by atoms with E-state index < -0.39 is 28.7 Å². The summed E-state index contributed by atoms with van der Waals surface area (Å²) < 4.78 is 0. The molecule has 8 nitrogen and oxygen atoms in total. The summed E-state index contributed by atoms with van der Waals surface area (Å²) in [6.45, 7) is 14.6. The van der Waals surface area contributed by atoms with Gasteiger partial charge in [-0.1, -0.05) is 111 Å². The van der Waals surface area contributed by atoms with Gasteiger partial charge in [0.2, 0.25) is 17.2 Å². The topological polar surface area (TPSA) is 145 Å². The van der Waals surface area contributed by atoms with E-state index in [0.29, 0.717) is 22.5 Å². The normalized spacial score (nSPS) is 12.6. The van der Waals surface area contributed by atoms with Crippen LogP contribution in [-0.2, 0) is 0 Å². The van der Waals surface area contributed by atoms with Crippen LogP contribution < -0.4 is 4.90 Å². The molecule has 0 radical (unpaired) electrons. The highest BCUT2D eigenvalue weighted by Crippen LogP contribution is 2.57. The van der Waals surface area contributed by atoms with E-state index in [1.807, 2.05) is 0 Å². The predicted octanol–water partition coefficient (Wildman–Crippen LogP) is 9.19. The molecule has 0 heterocycles. The lowest BCUT2D eigenvalue weighted by molar-refractivity contribution is 0.329. The van der Waals surface area contributed by atoms with Crippen molar-refractivity contribution in [1.82, 2.24) is 0 Å². The van der Waals surface area contributed by atoms with Crippen molar-refractivity contribution in [2.45, 2.75) is 0 Å². The van der Waals surface area contributed by atoms with Crippen molar-refractivity contribution in [2.75, 3.05) is 4.90 Å². The molecule has 3 rings (SSSR count). The first-order valence-electron chi connectivity index (χ1n) is 13.8. The number of benzene rings is 3. The van der Waals surface area contributed by atoms with Crippen LogP contribution in [0.5, 0.6) is 28.7 Å². The minimum atomic E-state index is -1.07. The molecule has 0 aliphatic heterocycles. The highest BCUT2D eigenvalue weighted by atomic mass is 16.4. The van der Waals surface area contributed by atoms with Crippen molar-refractivity contribution in [1.29, 1.82) is 0 Å². The van der Waals surface area contributed by atoms with Gasteiger partial charge in [0.15, 0.2) is 11.5 Å². The average Bonchev–Trinajstić information content (AvgIpc) is 3.06. The molecule has 3 aromatic carbocycles. The lowest BCUT2D eigenvalue weighted by atomic mass is 10.1. The molecular weight excluding hydrogens is 582 g/mol. The molecule has 0 bridgehead atoms. The molecule has 0 atom stereocenters. The van der Waals surface area contributed by atoms with Gasteiger partial charge in [-0.15, -0.1) is 0 Å². The Labute approximate surface area is 267 Å². The summed E-state index contributed by atoms with van der Waals surface area (Å²) in [5.41, 5.74) is 2.84. The molecule has 0 saturated heterocycles. The van der Waals surface area contributed by atoms with Crippen molar-refractivity contribution in [3.05, 3.63) is 169 Å². The smallest absolute Gasteiger partial charge is 0.208 e. The number of anilines is 3. The molecule has 0 aliphatic carbocycles. The van der Waals surface area contributed by atoms with E-state index >= 15 is 0 Å². The fourth-order valence-electron chi connectivity index (χ4n) is 4.12. The Morgan fingerprint density at radius 3 is 1.46 bits per heavy atom. The number of aliphatic hydroxyl groups is 2. The third-order valence-corrected chi connectivity index (χ3v) is 6.53. The number of phenols is 5. The quantitative estimate of drug-likeness (QED) is 0.0435. The molecule has 7 N–H and O–H groups in total. The van der Waals surface area contributed by atoms with Gasteiger partial charge >= 0.3 is 0 Å². The van der Waals surface area contributed by atoms with Crippen molar-refractivity contribution >= 4 is 29.2 Å². The zero-order valence-corrected chi connectivity index (χ0v) is 25.0. The number of hydrogen-bond acceptors (Lipinski definition) is 8. The second kappa shape index (κ2) is 15.8. The van der Waals surface area contributed by atoms with Crippen LogP contribution in [0, 0.1) is 0 Å². The first kappa shape index (κ1) is 34.0. The van der Waals surface area contributed by atoms with Crippen LogP contribution in [0.4, 0.5) is 17.1 Å². The first-order valence-corrected chi connectivity index (χ1v) is 13.8. The fraction of sp³-hybridized carbons (Fsp3) is 0. The van der Waals surface area contributed by atoms with E-state index in [0.717, 1.165) is 11.1 Å². The SMILES string of the molecule is C=C/C=C\C(=C)/C(O)=C/C=C/c1ccc(N(c2ccc(/C=C/C=C(O)/C(C=C)=C/C=C)cc2)c2c(O)c(O)c(O)c(O)c2O)cc1. The van der Waals surface area contributed by atoms with Crippen molar-refractivity contribution in [3.63, 3.8) is 0 Å². The van der Waals surface area contributed by atoms with E-state index in [2.05, 4.69) is 26.3 Å². The van der Waals surface area contributed by atoms with Crippen molar-refractivity contribution in [3.8, 4) is 28.7 Å². The van der Waals surface area contributed by atoms with E-state index in [1.165, 1.54) is 29.2 Å². The lowest BCUT2D eigenvalue weighted by Crippen LogP contribution is -2.10. The molecular formula is C38H35NO7. The van der Waals surface area contributed by atoms with Crippen LogP contribution in [0.2, 0.25) is 0 Å². The van der Waals surface area contributed by atoms with E-state index in [1.54, 1.807) is 97.1 Å². The number of phenolic OH excluding ortho intramolecular Hbond substituents is 5. The number of hydrogen-bond donors (Lipinski definition) is 7. The van der Waals surface area contributed by atoms with Gasteiger partial charge in [0, 0.05) is 22.5 Å². The van der Waals surface area contributed by atoms with Crippen LogP contribution >= 0.6 is 0 Å². The molecule has 46 heavy (non-hydrogen) atoms. The van der Waals surface area contributed by atoms with E-state index in [-0.39, 0.29) is 17.2 Å². The molecule has 0 saturated carbocycles. The third kappa shape index (κ3) is 8.09. The maximum absolute atomic E-state index is 10.8. The van der Waals surface area contributed by atoms with Gasteiger partial charge in [0.05, 0.1) is 0 Å².